The number of benzene rings is 2. The van der Waals surface area contributed by atoms with Gasteiger partial charge >= 0.3 is 5.13 Å². The average molecular weight is 236 g/mol. The molecule has 0 aliphatic heterocycles. The summed E-state index contributed by atoms with van der Waals surface area (Å²) < 4.78 is 1.17. The molecule has 0 amide bonds. The number of hydrogen-bond acceptors (Lipinski definition) is 2. The van der Waals surface area contributed by atoms with Gasteiger partial charge in [0, 0.05) is 10.4 Å². The van der Waals surface area contributed by atoms with E-state index in [4.69, 9.17) is 17.3 Å². The number of aromatic nitrogens is 1. The molecular weight excluding hydrogens is 228 g/mol. The molecule has 0 fully saturated rings. The molecule has 0 saturated carbocycles. The SMILES string of the molecule is Nc1[nH+]c2c(ccc3cc(Cl)ccc32)s1. The van der Waals surface area contributed by atoms with Crippen molar-refractivity contribution in [3.63, 3.8) is 0 Å². The van der Waals surface area contributed by atoms with E-state index < -0.39 is 0 Å². The number of aromatic amines is 1. The van der Waals surface area contributed by atoms with Crippen LogP contribution >= 0.6 is 22.9 Å². The third-order valence-corrected chi connectivity index (χ3v) is 3.53. The van der Waals surface area contributed by atoms with E-state index in [0.717, 1.165) is 26.4 Å². The molecule has 0 atom stereocenters. The minimum absolute atomic E-state index is 0.729. The second-order valence-electron chi connectivity index (χ2n) is 3.40. The Labute approximate surface area is 95.3 Å². The molecule has 3 aromatic rings. The van der Waals surface area contributed by atoms with E-state index in [1.165, 1.54) is 4.70 Å². The molecule has 0 aliphatic rings. The summed E-state index contributed by atoms with van der Waals surface area (Å²) in [4.78, 5) is 3.17. The van der Waals surface area contributed by atoms with E-state index in [-0.39, 0.29) is 0 Å². The summed E-state index contributed by atoms with van der Waals surface area (Å²) in [6, 6.07) is 9.99. The van der Waals surface area contributed by atoms with Crippen molar-refractivity contribution in [1.82, 2.24) is 0 Å². The Morgan fingerprint density at radius 1 is 1.20 bits per heavy atom. The first-order chi connectivity index (χ1) is 7.24. The number of halogens is 1. The van der Waals surface area contributed by atoms with E-state index in [9.17, 15) is 0 Å². The number of H-pyrrole nitrogens is 1. The maximum absolute atomic E-state index is 5.94. The second kappa shape index (κ2) is 3.08. The Bertz CT molecular complexity index is 660. The molecule has 0 saturated heterocycles. The lowest BCUT2D eigenvalue weighted by Crippen LogP contribution is -2.03. The van der Waals surface area contributed by atoms with Gasteiger partial charge in [0.15, 0.2) is 5.52 Å². The lowest BCUT2D eigenvalue weighted by Gasteiger charge is -1.97. The molecule has 1 heterocycles. The van der Waals surface area contributed by atoms with Gasteiger partial charge in [0.05, 0.1) is 4.70 Å². The Morgan fingerprint density at radius 3 is 2.93 bits per heavy atom. The number of nitrogen functional groups attached to an aromatic ring is 1. The zero-order chi connectivity index (χ0) is 10.4. The van der Waals surface area contributed by atoms with Gasteiger partial charge in [0.1, 0.15) is 0 Å². The molecule has 0 radical (unpaired) electrons. The topological polar surface area (TPSA) is 40.2 Å². The predicted octanol–water partition coefficient (Wildman–Crippen LogP) is 3.10. The molecule has 2 aromatic carbocycles. The summed E-state index contributed by atoms with van der Waals surface area (Å²) in [5, 5.41) is 3.77. The Morgan fingerprint density at radius 2 is 2.07 bits per heavy atom. The van der Waals surface area contributed by atoms with Crippen LogP contribution in [0.15, 0.2) is 30.3 Å². The van der Waals surface area contributed by atoms with Gasteiger partial charge < -0.3 is 0 Å². The zero-order valence-corrected chi connectivity index (χ0v) is 9.32. The number of hydrogen-bond donors (Lipinski definition) is 1. The van der Waals surface area contributed by atoms with Crippen LogP contribution < -0.4 is 10.7 Å². The Hall–Kier alpha value is -1.32. The third kappa shape index (κ3) is 1.35. The van der Waals surface area contributed by atoms with Gasteiger partial charge in [-0.1, -0.05) is 17.7 Å². The van der Waals surface area contributed by atoms with E-state index in [1.54, 1.807) is 11.3 Å². The fraction of sp³-hybridized carbons (Fsp3) is 0. The van der Waals surface area contributed by atoms with Crippen LogP contribution in [-0.2, 0) is 0 Å². The summed E-state index contributed by atoms with van der Waals surface area (Å²) in [6.45, 7) is 0. The molecule has 0 spiro atoms. The molecule has 1 aromatic heterocycles. The van der Waals surface area contributed by atoms with E-state index in [2.05, 4.69) is 17.1 Å². The van der Waals surface area contributed by atoms with Crippen molar-refractivity contribution in [3.05, 3.63) is 35.4 Å². The largest absolute Gasteiger partial charge is 0.330 e. The van der Waals surface area contributed by atoms with Gasteiger partial charge in [-0.25, -0.2) is 4.98 Å². The summed E-state index contributed by atoms with van der Waals surface area (Å²) >= 11 is 7.50. The summed E-state index contributed by atoms with van der Waals surface area (Å²) in [5.41, 5.74) is 6.84. The molecule has 0 aliphatic carbocycles. The van der Waals surface area contributed by atoms with Crippen LogP contribution in [0.2, 0.25) is 5.02 Å². The van der Waals surface area contributed by atoms with Crippen molar-refractivity contribution in [2.75, 3.05) is 5.73 Å². The second-order valence-corrected chi connectivity index (χ2v) is 4.92. The average Bonchev–Trinajstić information content (AvgIpc) is 2.58. The maximum atomic E-state index is 5.94. The van der Waals surface area contributed by atoms with Crippen LogP contribution in [0.3, 0.4) is 0 Å². The fourth-order valence-corrected chi connectivity index (χ4v) is 2.73. The standard InChI is InChI=1S/C11H7ClN2S/c12-7-2-3-8-6(5-7)1-4-9-10(8)14-11(13)15-9/h1-5H,(H2,13,14)/p+1. The number of nitrogens with two attached hydrogens (primary N) is 1. The molecule has 3 N–H and O–H groups in total. The predicted molar refractivity (Wildman–Crippen MR) is 65.3 cm³/mol. The molecule has 4 heteroatoms. The highest BCUT2D eigenvalue weighted by Crippen LogP contribution is 2.28. The molecule has 0 unspecified atom stereocenters. The monoisotopic (exact) mass is 235 g/mol. The highest BCUT2D eigenvalue weighted by atomic mass is 35.5. The minimum atomic E-state index is 0.729. The first-order valence-corrected chi connectivity index (χ1v) is 5.73. The lowest BCUT2D eigenvalue weighted by molar-refractivity contribution is -0.319. The van der Waals surface area contributed by atoms with Crippen LogP contribution in [0.5, 0.6) is 0 Å². The molecule has 74 valence electrons. The van der Waals surface area contributed by atoms with Crippen molar-refractivity contribution in [1.29, 1.82) is 0 Å². The van der Waals surface area contributed by atoms with Crippen LogP contribution in [0.25, 0.3) is 21.0 Å². The van der Waals surface area contributed by atoms with Crippen molar-refractivity contribution in [2.24, 2.45) is 0 Å². The normalized spacial score (nSPS) is 11.3. The highest BCUT2D eigenvalue weighted by Gasteiger charge is 2.09. The van der Waals surface area contributed by atoms with Crippen LogP contribution in [0.1, 0.15) is 0 Å². The third-order valence-electron chi connectivity index (χ3n) is 2.41. The fourth-order valence-electron chi connectivity index (χ4n) is 1.76. The first-order valence-electron chi connectivity index (χ1n) is 4.53. The van der Waals surface area contributed by atoms with Crippen molar-refractivity contribution in [2.45, 2.75) is 0 Å². The molecule has 2 nitrogen and oxygen atoms in total. The van der Waals surface area contributed by atoms with Crippen molar-refractivity contribution in [3.8, 4) is 0 Å². The maximum Gasteiger partial charge on any atom is 0.330 e. The number of anilines is 1. The number of fused-ring (bicyclic) bond motifs is 3. The van der Waals surface area contributed by atoms with E-state index in [0.29, 0.717) is 0 Å². The van der Waals surface area contributed by atoms with Gasteiger partial charge in [0.25, 0.3) is 0 Å². The van der Waals surface area contributed by atoms with Crippen LogP contribution in [0.4, 0.5) is 5.13 Å². The molecule has 3 rings (SSSR count). The van der Waals surface area contributed by atoms with Gasteiger partial charge in [-0.3, -0.25) is 5.73 Å². The van der Waals surface area contributed by atoms with Crippen molar-refractivity contribution >= 4 is 49.1 Å². The number of rotatable bonds is 0. The minimum Gasteiger partial charge on any atom is -0.278 e. The summed E-state index contributed by atoms with van der Waals surface area (Å²) in [7, 11) is 0. The van der Waals surface area contributed by atoms with Gasteiger partial charge in [-0.05, 0) is 41.0 Å². The quantitative estimate of drug-likeness (QED) is 0.639. The van der Waals surface area contributed by atoms with Gasteiger partial charge in [-0.15, -0.1) is 0 Å². The van der Waals surface area contributed by atoms with Crippen LogP contribution in [-0.4, -0.2) is 0 Å². The van der Waals surface area contributed by atoms with Gasteiger partial charge in [0.2, 0.25) is 0 Å². The Kier molecular flexibility index (Phi) is 1.84. The molecule has 15 heavy (non-hydrogen) atoms. The summed E-state index contributed by atoms with van der Waals surface area (Å²) in [6.07, 6.45) is 0. The van der Waals surface area contributed by atoms with Crippen LogP contribution in [0, 0.1) is 0 Å². The number of thiazole rings is 1. The van der Waals surface area contributed by atoms with Gasteiger partial charge in [-0.2, -0.15) is 0 Å². The molecular formula is C11H8ClN2S+. The first kappa shape index (κ1) is 8.95. The lowest BCUT2D eigenvalue weighted by atomic mass is 10.1. The van der Waals surface area contributed by atoms with Crippen molar-refractivity contribution < 1.29 is 4.98 Å². The zero-order valence-electron chi connectivity index (χ0n) is 7.75. The summed E-state index contributed by atoms with van der Waals surface area (Å²) in [5.74, 6) is 0. The highest BCUT2D eigenvalue weighted by molar-refractivity contribution is 7.21. The number of nitrogens with one attached hydrogen (secondary N) is 1. The van der Waals surface area contributed by atoms with E-state index in [1.807, 2.05) is 18.2 Å². The smallest absolute Gasteiger partial charge is 0.278 e. The Balaban J connectivity index is 2.53. The molecule has 0 bridgehead atoms. The van der Waals surface area contributed by atoms with E-state index >= 15 is 0 Å².